The second-order valence-corrected chi connectivity index (χ2v) is 4.60. The highest BCUT2D eigenvalue weighted by molar-refractivity contribution is 9.09. The van der Waals surface area contributed by atoms with E-state index in [0.29, 0.717) is 0 Å². The zero-order valence-corrected chi connectivity index (χ0v) is 10.1. The molecule has 1 atom stereocenters. The SMILES string of the molecule is COCC1CCN(CCCCBr)C1. The summed E-state index contributed by atoms with van der Waals surface area (Å²) in [6.07, 6.45) is 3.94. The maximum absolute atomic E-state index is 5.17. The molecule has 1 saturated heterocycles. The van der Waals surface area contributed by atoms with Crippen LogP contribution in [0.5, 0.6) is 0 Å². The van der Waals surface area contributed by atoms with Crippen molar-refractivity contribution in [2.45, 2.75) is 19.3 Å². The summed E-state index contributed by atoms with van der Waals surface area (Å²) in [4.78, 5) is 2.56. The van der Waals surface area contributed by atoms with Crippen LogP contribution >= 0.6 is 15.9 Å². The first-order valence-electron chi connectivity index (χ1n) is 5.14. The number of hydrogen-bond acceptors (Lipinski definition) is 2. The summed E-state index contributed by atoms with van der Waals surface area (Å²) >= 11 is 3.46. The van der Waals surface area contributed by atoms with Gasteiger partial charge in [-0.25, -0.2) is 0 Å². The van der Waals surface area contributed by atoms with Gasteiger partial charge < -0.3 is 9.64 Å². The first kappa shape index (κ1) is 11.5. The molecular formula is C10H20BrNO. The number of nitrogens with zero attached hydrogens (tertiary/aromatic N) is 1. The number of alkyl halides is 1. The minimum absolute atomic E-state index is 0.786. The van der Waals surface area contributed by atoms with Crippen LogP contribution < -0.4 is 0 Å². The van der Waals surface area contributed by atoms with Gasteiger partial charge in [0.2, 0.25) is 0 Å². The molecule has 13 heavy (non-hydrogen) atoms. The average molecular weight is 250 g/mol. The molecule has 1 rings (SSSR count). The molecule has 1 fully saturated rings. The molecule has 0 aromatic heterocycles. The monoisotopic (exact) mass is 249 g/mol. The molecule has 0 aromatic rings. The number of halogens is 1. The molecule has 0 bridgehead atoms. The highest BCUT2D eigenvalue weighted by atomic mass is 79.9. The molecule has 0 aromatic carbocycles. The molecule has 1 unspecified atom stereocenters. The largest absolute Gasteiger partial charge is 0.384 e. The fourth-order valence-corrected chi connectivity index (χ4v) is 2.31. The summed E-state index contributed by atoms with van der Waals surface area (Å²) < 4.78 is 5.17. The Hall–Kier alpha value is 0.400. The topological polar surface area (TPSA) is 12.5 Å². The fourth-order valence-electron chi connectivity index (χ4n) is 1.92. The summed E-state index contributed by atoms with van der Waals surface area (Å²) in [5.41, 5.74) is 0. The average Bonchev–Trinajstić information content (AvgIpc) is 2.54. The van der Waals surface area contributed by atoms with Gasteiger partial charge in [0, 0.05) is 19.0 Å². The smallest absolute Gasteiger partial charge is 0.0503 e. The van der Waals surface area contributed by atoms with E-state index >= 15 is 0 Å². The van der Waals surface area contributed by atoms with E-state index in [9.17, 15) is 0 Å². The molecule has 0 aliphatic carbocycles. The molecule has 1 aliphatic rings. The molecule has 0 amide bonds. The predicted molar refractivity (Wildman–Crippen MR) is 59.5 cm³/mol. The molecule has 1 aliphatic heterocycles. The van der Waals surface area contributed by atoms with Crippen molar-refractivity contribution in [2.24, 2.45) is 5.92 Å². The summed E-state index contributed by atoms with van der Waals surface area (Å²) in [5, 5.41) is 1.14. The third-order valence-electron chi connectivity index (χ3n) is 2.63. The Labute approximate surface area is 89.8 Å². The normalized spacial score (nSPS) is 24.0. The first-order valence-corrected chi connectivity index (χ1v) is 6.26. The lowest BCUT2D eigenvalue weighted by Crippen LogP contribution is -2.22. The third kappa shape index (κ3) is 4.43. The van der Waals surface area contributed by atoms with Gasteiger partial charge in [-0.3, -0.25) is 0 Å². The number of hydrogen-bond donors (Lipinski definition) is 0. The van der Waals surface area contributed by atoms with E-state index < -0.39 is 0 Å². The minimum atomic E-state index is 0.786. The van der Waals surface area contributed by atoms with Gasteiger partial charge in [-0.1, -0.05) is 15.9 Å². The zero-order valence-electron chi connectivity index (χ0n) is 8.47. The van der Waals surface area contributed by atoms with E-state index in [4.69, 9.17) is 4.74 Å². The van der Waals surface area contributed by atoms with Gasteiger partial charge in [-0.05, 0) is 38.3 Å². The van der Waals surface area contributed by atoms with Gasteiger partial charge >= 0.3 is 0 Å². The summed E-state index contributed by atoms with van der Waals surface area (Å²) in [7, 11) is 1.80. The Morgan fingerprint density at radius 3 is 3.00 bits per heavy atom. The van der Waals surface area contributed by atoms with Crippen molar-refractivity contribution < 1.29 is 4.74 Å². The van der Waals surface area contributed by atoms with Gasteiger partial charge in [-0.2, -0.15) is 0 Å². The van der Waals surface area contributed by atoms with Crippen molar-refractivity contribution in [1.29, 1.82) is 0 Å². The highest BCUT2D eigenvalue weighted by Crippen LogP contribution is 2.16. The van der Waals surface area contributed by atoms with Crippen molar-refractivity contribution in [3.63, 3.8) is 0 Å². The van der Waals surface area contributed by atoms with Crippen LogP contribution in [0.2, 0.25) is 0 Å². The maximum atomic E-state index is 5.17. The van der Waals surface area contributed by atoms with Crippen molar-refractivity contribution >= 4 is 15.9 Å². The minimum Gasteiger partial charge on any atom is -0.384 e. The van der Waals surface area contributed by atoms with E-state index in [2.05, 4.69) is 20.8 Å². The highest BCUT2D eigenvalue weighted by Gasteiger charge is 2.21. The van der Waals surface area contributed by atoms with E-state index in [1.165, 1.54) is 38.9 Å². The van der Waals surface area contributed by atoms with E-state index in [1.54, 1.807) is 7.11 Å². The quantitative estimate of drug-likeness (QED) is 0.529. The van der Waals surface area contributed by atoms with Crippen LogP contribution in [0.25, 0.3) is 0 Å². The molecular weight excluding hydrogens is 230 g/mol. The molecule has 78 valence electrons. The van der Waals surface area contributed by atoms with Gasteiger partial charge in [0.25, 0.3) is 0 Å². The lowest BCUT2D eigenvalue weighted by Gasteiger charge is -2.14. The van der Waals surface area contributed by atoms with E-state index in [-0.39, 0.29) is 0 Å². The zero-order chi connectivity index (χ0) is 9.52. The lowest BCUT2D eigenvalue weighted by molar-refractivity contribution is 0.153. The fraction of sp³-hybridized carbons (Fsp3) is 1.00. The number of ether oxygens (including phenoxy) is 1. The Morgan fingerprint density at radius 2 is 2.31 bits per heavy atom. The molecule has 0 spiro atoms. The van der Waals surface area contributed by atoms with Crippen LogP contribution in [0.1, 0.15) is 19.3 Å². The van der Waals surface area contributed by atoms with E-state index in [1.807, 2.05) is 0 Å². The molecule has 2 nitrogen and oxygen atoms in total. The Bertz CT molecular complexity index is 132. The number of unbranched alkanes of at least 4 members (excludes halogenated alkanes) is 1. The van der Waals surface area contributed by atoms with Crippen LogP contribution in [0.4, 0.5) is 0 Å². The van der Waals surface area contributed by atoms with Gasteiger partial charge in [0.05, 0.1) is 6.61 Å². The number of methoxy groups -OCH3 is 1. The Balaban J connectivity index is 2.03. The summed E-state index contributed by atoms with van der Waals surface area (Å²) in [6.45, 7) is 4.73. The van der Waals surface area contributed by atoms with Crippen LogP contribution in [-0.4, -0.2) is 43.6 Å². The Morgan fingerprint density at radius 1 is 1.46 bits per heavy atom. The van der Waals surface area contributed by atoms with Crippen LogP contribution in [0.15, 0.2) is 0 Å². The van der Waals surface area contributed by atoms with Crippen molar-refractivity contribution in [1.82, 2.24) is 4.90 Å². The maximum Gasteiger partial charge on any atom is 0.0503 e. The lowest BCUT2D eigenvalue weighted by atomic mass is 10.1. The molecule has 0 saturated carbocycles. The van der Waals surface area contributed by atoms with Gasteiger partial charge in [0.15, 0.2) is 0 Å². The molecule has 0 N–H and O–H groups in total. The third-order valence-corrected chi connectivity index (χ3v) is 3.19. The first-order chi connectivity index (χ1) is 6.36. The number of rotatable bonds is 6. The van der Waals surface area contributed by atoms with Crippen LogP contribution in [0.3, 0.4) is 0 Å². The van der Waals surface area contributed by atoms with Gasteiger partial charge in [0.1, 0.15) is 0 Å². The summed E-state index contributed by atoms with van der Waals surface area (Å²) in [6, 6.07) is 0. The predicted octanol–water partition coefficient (Wildman–Crippen LogP) is 2.13. The van der Waals surface area contributed by atoms with Gasteiger partial charge in [-0.15, -0.1) is 0 Å². The Kier molecular flexibility index (Phi) is 6.00. The van der Waals surface area contributed by atoms with Crippen molar-refractivity contribution in [3.8, 4) is 0 Å². The summed E-state index contributed by atoms with van der Waals surface area (Å²) in [5.74, 6) is 0.786. The van der Waals surface area contributed by atoms with Crippen LogP contribution in [0, 0.1) is 5.92 Å². The second-order valence-electron chi connectivity index (χ2n) is 3.81. The molecule has 1 heterocycles. The standard InChI is InChI=1S/C10H20BrNO/c1-13-9-10-4-7-12(8-10)6-3-2-5-11/h10H,2-9H2,1H3. The van der Waals surface area contributed by atoms with E-state index in [0.717, 1.165) is 17.9 Å². The molecule has 0 radical (unpaired) electrons. The van der Waals surface area contributed by atoms with Crippen LogP contribution in [-0.2, 0) is 4.74 Å². The molecule has 3 heteroatoms. The second kappa shape index (κ2) is 6.80. The number of likely N-dealkylation sites (tertiary alicyclic amines) is 1. The van der Waals surface area contributed by atoms with Crippen molar-refractivity contribution in [2.75, 3.05) is 38.7 Å². The van der Waals surface area contributed by atoms with Crippen molar-refractivity contribution in [3.05, 3.63) is 0 Å².